The van der Waals surface area contributed by atoms with Crippen molar-refractivity contribution in [3.63, 3.8) is 0 Å². The maximum absolute atomic E-state index is 14.2. The highest BCUT2D eigenvalue weighted by molar-refractivity contribution is 8.14. The van der Waals surface area contributed by atoms with Gasteiger partial charge in [-0.15, -0.1) is 0 Å². The molecule has 0 N–H and O–H groups in total. The summed E-state index contributed by atoms with van der Waals surface area (Å²) in [5.74, 6) is -0.443. The summed E-state index contributed by atoms with van der Waals surface area (Å²) in [4.78, 5) is 24.4. The fourth-order valence-corrected chi connectivity index (χ4v) is 3.25. The summed E-state index contributed by atoms with van der Waals surface area (Å²) in [5, 5.41) is -0.308. The lowest BCUT2D eigenvalue weighted by atomic mass is 10.1. The van der Waals surface area contributed by atoms with Crippen LogP contribution in [0.15, 0.2) is 76.6 Å². The fourth-order valence-electron chi connectivity index (χ4n) is 1.92. The molecule has 138 valence electrons. The number of carbonyl (C=O) groups excluding carboxylic acids is 2. The first-order valence-corrected chi connectivity index (χ1v) is 9.72. The molecule has 2 nitrogen and oxygen atoms in total. The Bertz CT molecular complexity index is 928. The number of carbonyl (C=O) groups is 2. The van der Waals surface area contributed by atoms with Gasteiger partial charge in [0.05, 0.1) is 4.90 Å². The van der Waals surface area contributed by atoms with E-state index in [9.17, 15) is 14.0 Å². The summed E-state index contributed by atoms with van der Waals surface area (Å²) in [6.07, 6.45) is 3.65. The second kappa shape index (κ2) is 9.53. The van der Waals surface area contributed by atoms with Crippen molar-refractivity contribution >= 4 is 45.9 Å². The van der Waals surface area contributed by atoms with E-state index < -0.39 is 5.82 Å². The van der Waals surface area contributed by atoms with Crippen LogP contribution in [0, 0.1) is 5.82 Å². The quantitative estimate of drug-likeness (QED) is 0.321. The average molecular weight is 399 g/mol. The summed E-state index contributed by atoms with van der Waals surface area (Å²) in [7, 11) is 0. The van der Waals surface area contributed by atoms with E-state index in [0.29, 0.717) is 16.7 Å². The van der Waals surface area contributed by atoms with Gasteiger partial charge in [-0.05, 0) is 83.9 Å². The number of hydrogen-bond acceptors (Lipinski definition) is 4. The van der Waals surface area contributed by atoms with Gasteiger partial charge in [-0.1, -0.05) is 43.5 Å². The Hall–Kier alpha value is -2.37. The van der Waals surface area contributed by atoms with Crippen LogP contribution < -0.4 is 0 Å². The Morgan fingerprint density at radius 1 is 0.852 bits per heavy atom. The summed E-state index contributed by atoms with van der Waals surface area (Å²) in [6, 6.07) is 12.2. The predicted octanol–water partition coefficient (Wildman–Crippen LogP) is 6.39. The molecule has 5 heteroatoms. The largest absolute Gasteiger partial charge is 0.282 e. The molecule has 2 aromatic carbocycles. The molecule has 0 amide bonds. The molecule has 0 heterocycles. The normalized spacial score (nSPS) is 10.8. The minimum absolute atomic E-state index is 0.0585. The van der Waals surface area contributed by atoms with E-state index in [4.69, 9.17) is 0 Å². The van der Waals surface area contributed by atoms with Crippen LogP contribution in [0.1, 0.15) is 25.0 Å². The van der Waals surface area contributed by atoms with E-state index in [2.05, 4.69) is 13.2 Å². The van der Waals surface area contributed by atoms with Gasteiger partial charge in [-0.3, -0.25) is 9.59 Å². The molecule has 0 aromatic heterocycles. The molecule has 0 aliphatic carbocycles. The van der Waals surface area contributed by atoms with Gasteiger partial charge in [0.2, 0.25) is 10.2 Å². The third-order valence-corrected chi connectivity index (χ3v) is 5.54. The molecule has 2 aromatic rings. The van der Waals surface area contributed by atoms with Crippen molar-refractivity contribution in [3.05, 3.63) is 83.7 Å². The van der Waals surface area contributed by atoms with Crippen LogP contribution in [0.4, 0.5) is 4.39 Å². The third-order valence-electron chi connectivity index (χ3n) is 3.41. The van der Waals surface area contributed by atoms with Gasteiger partial charge >= 0.3 is 0 Å². The fraction of sp³-hybridized carbons (Fsp3) is 0.0909. The molecule has 0 bridgehead atoms. The summed E-state index contributed by atoms with van der Waals surface area (Å²) in [6.45, 7) is 10.5. The van der Waals surface area contributed by atoms with Crippen LogP contribution >= 0.6 is 23.5 Å². The first-order valence-electron chi connectivity index (χ1n) is 8.09. The Morgan fingerprint density at radius 3 is 1.93 bits per heavy atom. The first-order chi connectivity index (χ1) is 12.8. The standard InChI is InChI=1S/C22H19FO2S2/c1-14(2)21(24)26-18-10-7-16(8-11-18)5-6-17-9-12-20(19(23)13-17)27-22(25)15(3)4/h5-13H,1,3H2,2,4H3. The molecule has 0 unspecified atom stereocenters. The zero-order valence-electron chi connectivity index (χ0n) is 15.1. The SMILES string of the molecule is C=C(C)C(=O)Sc1ccc(C=Cc2ccc(SC(=O)C(=C)C)c(F)c2)cc1. The molecule has 0 saturated heterocycles. The second-order valence-electron chi connectivity index (χ2n) is 5.93. The van der Waals surface area contributed by atoms with Crippen LogP contribution in [-0.4, -0.2) is 10.2 Å². The second-order valence-corrected chi connectivity index (χ2v) is 7.99. The highest BCUT2D eigenvalue weighted by atomic mass is 32.2. The Morgan fingerprint density at radius 2 is 1.37 bits per heavy atom. The van der Waals surface area contributed by atoms with E-state index in [1.54, 1.807) is 32.1 Å². The molecule has 27 heavy (non-hydrogen) atoms. The molecule has 2 rings (SSSR count). The topological polar surface area (TPSA) is 34.1 Å². The minimum atomic E-state index is -0.443. The number of thioether (sulfide) groups is 2. The van der Waals surface area contributed by atoms with Crippen LogP contribution in [0.3, 0.4) is 0 Å². The lowest BCUT2D eigenvalue weighted by Gasteiger charge is -2.03. The number of halogens is 1. The average Bonchev–Trinajstić information content (AvgIpc) is 2.62. The van der Waals surface area contributed by atoms with Crippen molar-refractivity contribution < 1.29 is 14.0 Å². The summed E-state index contributed by atoms with van der Waals surface area (Å²) < 4.78 is 14.2. The number of hydrogen-bond donors (Lipinski definition) is 0. The van der Waals surface area contributed by atoms with E-state index >= 15 is 0 Å². The van der Waals surface area contributed by atoms with Crippen molar-refractivity contribution in [2.24, 2.45) is 0 Å². The van der Waals surface area contributed by atoms with Crippen LogP contribution in [-0.2, 0) is 9.59 Å². The molecular weight excluding hydrogens is 379 g/mol. The van der Waals surface area contributed by atoms with Crippen LogP contribution in [0.5, 0.6) is 0 Å². The van der Waals surface area contributed by atoms with Gasteiger partial charge in [-0.25, -0.2) is 4.39 Å². The Balaban J connectivity index is 2.06. The van der Waals surface area contributed by atoms with Gasteiger partial charge in [0.1, 0.15) is 5.82 Å². The molecule has 0 fully saturated rings. The zero-order valence-corrected chi connectivity index (χ0v) is 16.8. The van der Waals surface area contributed by atoms with Crippen LogP contribution in [0.2, 0.25) is 0 Å². The molecular formula is C22H19FO2S2. The van der Waals surface area contributed by atoms with Crippen molar-refractivity contribution in [2.75, 3.05) is 0 Å². The Labute approximate surface area is 167 Å². The summed E-state index contributed by atoms with van der Waals surface area (Å²) >= 11 is 1.97. The molecule has 0 aliphatic heterocycles. The number of benzene rings is 2. The lowest BCUT2D eigenvalue weighted by Crippen LogP contribution is -1.93. The van der Waals surface area contributed by atoms with Gasteiger partial charge < -0.3 is 0 Å². The Kier molecular flexibility index (Phi) is 7.39. The smallest absolute Gasteiger partial charge is 0.219 e. The van der Waals surface area contributed by atoms with E-state index in [-0.39, 0.29) is 15.1 Å². The van der Waals surface area contributed by atoms with E-state index in [1.807, 2.05) is 30.3 Å². The first kappa shape index (κ1) is 20.9. The van der Waals surface area contributed by atoms with Gasteiger partial charge in [0.25, 0.3) is 0 Å². The van der Waals surface area contributed by atoms with Crippen molar-refractivity contribution in [1.29, 1.82) is 0 Å². The third kappa shape index (κ3) is 6.38. The molecule has 0 saturated carbocycles. The van der Waals surface area contributed by atoms with E-state index in [1.165, 1.54) is 6.07 Å². The lowest BCUT2D eigenvalue weighted by molar-refractivity contribution is -0.108. The molecule has 0 atom stereocenters. The van der Waals surface area contributed by atoms with Gasteiger partial charge in [0, 0.05) is 4.90 Å². The highest BCUT2D eigenvalue weighted by Gasteiger charge is 2.10. The van der Waals surface area contributed by atoms with Crippen molar-refractivity contribution in [1.82, 2.24) is 0 Å². The van der Waals surface area contributed by atoms with Crippen molar-refractivity contribution in [2.45, 2.75) is 23.6 Å². The van der Waals surface area contributed by atoms with Gasteiger partial charge in [0.15, 0.2) is 0 Å². The van der Waals surface area contributed by atoms with Gasteiger partial charge in [-0.2, -0.15) is 0 Å². The molecule has 0 aliphatic rings. The maximum atomic E-state index is 14.2. The number of rotatable bonds is 6. The maximum Gasteiger partial charge on any atom is 0.219 e. The highest BCUT2D eigenvalue weighted by Crippen LogP contribution is 2.26. The summed E-state index contributed by atoms with van der Waals surface area (Å²) in [5.41, 5.74) is 2.52. The van der Waals surface area contributed by atoms with E-state index in [0.717, 1.165) is 34.0 Å². The zero-order chi connectivity index (χ0) is 20.0. The van der Waals surface area contributed by atoms with Crippen molar-refractivity contribution in [3.8, 4) is 0 Å². The van der Waals surface area contributed by atoms with Crippen LogP contribution in [0.25, 0.3) is 12.2 Å². The molecule has 0 spiro atoms. The minimum Gasteiger partial charge on any atom is -0.282 e. The molecule has 0 radical (unpaired) electrons. The monoisotopic (exact) mass is 398 g/mol. The predicted molar refractivity (Wildman–Crippen MR) is 113 cm³/mol.